The van der Waals surface area contributed by atoms with Gasteiger partial charge in [0.05, 0.1) is 13.2 Å². The Morgan fingerprint density at radius 3 is 2.00 bits per heavy atom. The summed E-state index contributed by atoms with van der Waals surface area (Å²) < 4.78 is 1.01. The van der Waals surface area contributed by atoms with Crippen LogP contribution in [0.4, 0.5) is 0 Å². The molecule has 0 fully saturated rings. The van der Waals surface area contributed by atoms with Gasteiger partial charge in [0.15, 0.2) is 0 Å². The van der Waals surface area contributed by atoms with E-state index in [2.05, 4.69) is 15.9 Å². The second kappa shape index (κ2) is 7.02. The van der Waals surface area contributed by atoms with Crippen molar-refractivity contribution in [2.45, 2.75) is 12.8 Å². The largest absolute Gasteiger partial charge is 0.396 e. The van der Waals surface area contributed by atoms with Gasteiger partial charge in [0.25, 0.3) is 0 Å². The molecule has 0 amide bonds. The standard InChI is InChI=1S/C17H19BrO2/c18-16-8-4-7-15(9-16)11-17(12-19,13-20)10-14-5-2-1-3-6-14/h1-9,19-20H,10-13H2. The Balaban J connectivity index is 2.21. The van der Waals surface area contributed by atoms with Crippen LogP contribution in [-0.4, -0.2) is 23.4 Å². The van der Waals surface area contributed by atoms with Crippen LogP contribution < -0.4 is 0 Å². The molecule has 2 aromatic carbocycles. The summed E-state index contributed by atoms with van der Waals surface area (Å²) in [5, 5.41) is 19.6. The normalized spacial score (nSPS) is 11.6. The van der Waals surface area contributed by atoms with Crippen molar-refractivity contribution in [2.24, 2.45) is 5.41 Å². The lowest BCUT2D eigenvalue weighted by atomic mass is 9.78. The molecule has 2 nitrogen and oxygen atoms in total. The fraction of sp³-hybridized carbons (Fsp3) is 0.294. The lowest BCUT2D eigenvalue weighted by Gasteiger charge is -2.30. The Kier molecular flexibility index (Phi) is 5.35. The van der Waals surface area contributed by atoms with E-state index < -0.39 is 5.41 Å². The van der Waals surface area contributed by atoms with E-state index in [4.69, 9.17) is 0 Å². The van der Waals surface area contributed by atoms with Gasteiger partial charge in [0, 0.05) is 9.89 Å². The molecule has 20 heavy (non-hydrogen) atoms. The third kappa shape index (κ3) is 3.92. The van der Waals surface area contributed by atoms with Crippen molar-refractivity contribution in [3.05, 3.63) is 70.2 Å². The zero-order chi connectivity index (χ0) is 14.4. The van der Waals surface area contributed by atoms with Gasteiger partial charge in [-0.2, -0.15) is 0 Å². The topological polar surface area (TPSA) is 40.5 Å². The van der Waals surface area contributed by atoms with E-state index >= 15 is 0 Å². The summed E-state index contributed by atoms with van der Waals surface area (Å²) in [6.07, 6.45) is 1.31. The average molecular weight is 335 g/mol. The van der Waals surface area contributed by atoms with Crippen molar-refractivity contribution in [2.75, 3.05) is 13.2 Å². The van der Waals surface area contributed by atoms with E-state index in [1.165, 1.54) is 0 Å². The number of hydrogen-bond donors (Lipinski definition) is 2. The first-order chi connectivity index (χ1) is 9.67. The molecule has 0 aliphatic carbocycles. The van der Waals surface area contributed by atoms with Gasteiger partial charge < -0.3 is 10.2 Å². The monoisotopic (exact) mass is 334 g/mol. The molecule has 0 radical (unpaired) electrons. The Hall–Kier alpha value is -1.16. The fourth-order valence-electron chi connectivity index (χ4n) is 2.44. The van der Waals surface area contributed by atoms with Crippen molar-refractivity contribution in [3.63, 3.8) is 0 Å². The molecule has 0 aliphatic heterocycles. The molecule has 0 aliphatic rings. The SMILES string of the molecule is OCC(CO)(Cc1ccccc1)Cc1cccc(Br)c1. The first-order valence-electron chi connectivity index (χ1n) is 6.67. The summed E-state index contributed by atoms with van der Waals surface area (Å²) in [7, 11) is 0. The van der Waals surface area contributed by atoms with Crippen LogP contribution >= 0.6 is 15.9 Å². The number of aliphatic hydroxyl groups is 2. The predicted octanol–water partition coefficient (Wildman–Crippen LogP) is 3.21. The van der Waals surface area contributed by atoms with Crippen LogP contribution in [0.2, 0.25) is 0 Å². The number of aliphatic hydroxyl groups excluding tert-OH is 2. The van der Waals surface area contributed by atoms with Gasteiger partial charge in [0.1, 0.15) is 0 Å². The molecular weight excluding hydrogens is 316 g/mol. The minimum Gasteiger partial charge on any atom is -0.396 e. The zero-order valence-electron chi connectivity index (χ0n) is 11.3. The van der Waals surface area contributed by atoms with Crippen molar-refractivity contribution in [1.29, 1.82) is 0 Å². The summed E-state index contributed by atoms with van der Waals surface area (Å²) >= 11 is 3.46. The van der Waals surface area contributed by atoms with Gasteiger partial charge in [-0.15, -0.1) is 0 Å². The molecule has 3 heteroatoms. The van der Waals surface area contributed by atoms with Crippen LogP contribution in [0, 0.1) is 5.41 Å². The highest BCUT2D eigenvalue weighted by atomic mass is 79.9. The van der Waals surface area contributed by atoms with Crippen molar-refractivity contribution in [1.82, 2.24) is 0 Å². The van der Waals surface area contributed by atoms with Crippen LogP contribution in [0.5, 0.6) is 0 Å². The van der Waals surface area contributed by atoms with E-state index in [1.807, 2.05) is 54.6 Å². The molecule has 2 rings (SSSR count). The third-order valence-corrected chi connectivity index (χ3v) is 4.05. The number of rotatable bonds is 6. The van der Waals surface area contributed by atoms with Gasteiger partial charge in [-0.3, -0.25) is 0 Å². The third-order valence-electron chi connectivity index (χ3n) is 3.56. The smallest absolute Gasteiger partial charge is 0.0515 e. The van der Waals surface area contributed by atoms with Crippen LogP contribution in [0.3, 0.4) is 0 Å². The molecule has 2 aromatic rings. The van der Waals surface area contributed by atoms with Gasteiger partial charge in [0.2, 0.25) is 0 Å². The van der Waals surface area contributed by atoms with Gasteiger partial charge in [-0.25, -0.2) is 0 Å². The average Bonchev–Trinajstić information content (AvgIpc) is 2.47. The van der Waals surface area contributed by atoms with E-state index in [0.717, 1.165) is 15.6 Å². The fourth-order valence-corrected chi connectivity index (χ4v) is 2.89. The molecule has 0 atom stereocenters. The molecule has 0 aromatic heterocycles. The highest BCUT2D eigenvalue weighted by molar-refractivity contribution is 9.10. The second-order valence-electron chi connectivity index (χ2n) is 5.29. The zero-order valence-corrected chi connectivity index (χ0v) is 12.9. The Labute approximate surface area is 128 Å². The maximum absolute atomic E-state index is 9.80. The maximum Gasteiger partial charge on any atom is 0.0515 e. The number of benzene rings is 2. The second-order valence-corrected chi connectivity index (χ2v) is 6.20. The molecular formula is C17H19BrO2. The summed E-state index contributed by atoms with van der Waals surface area (Å²) in [5.41, 5.74) is 1.71. The van der Waals surface area contributed by atoms with E-state index in [1.54, 1.807) is 0 Å². The summed E-state index contributed by atoms with van der Waals surface area (Å²) in [4.78, 5) is 0. The van der Waals surface area contributed by atoms with Gasteiger partial charge in [-0.05, 0) is 36.1 Å². The molecule has 0 bridgehead atoms. The quantitative estimate of drug-likeness (QED) is 0.851. The first kappa shape index (κ1) is 15.2. The highest BCUT2D eigenvalue weighted by Crippen LogP contribution is 2.28. The minimum absolute atomic E-state index is 0.0368. The molecule has 0 saturated carbocycles. The molecule has 106 valence electrons. The minimum atomic E-state index is -0.526. The van der Waals surface area contributed by atoms with E-state index in [9.17, 15) is 10.2 Å². The first-order valence-corrected chi connectivity index (χ1v) is 7.47. The van der Waals surface area contributed by atoms with Gasteiger partial charge in [-0.1, -0.05) is 58.4 Å². The molecule has 0 saturated heterocycles. The van der Waals surface area contributed by atoms with Crippen molar-refractivity contribution >= 4 is 15.9 Å². The molecule has 0 unspecified atom stereocenters. The van der Waals surface area contributed by atoms with E-state index in [0.29, 0.717) is 12.8 Å². The number of halogens is 1. The lowest BCUT2D eigenvalue weighted by molar-refractivity contribution is 0.0548. The molecule has 0 heterocycles. The number of hydrogen-bond acceptors (Lipinski definition) is 2. The van der Waals surface area contributed by atoms with Crippen LogP contribution in [0.15, 0.2) is 59.1 Å². The van der Waals surface area contributed by atoms with Gasteiger partial charge >= 0.3 is 0 Å². The van der Waals surface area contributed by atoms with Crippen molar-refractivity contribution < 1.29 is 10.2 Å². The summed E-state index contributed by atoms with van der Waals surface area (Å²) in [5.74, 6) is 0. The maximum atomic E-state index is 9.80. The van der Waals surface area contributed by atoms with Crippen molar-refractivity contribution in [3.8, 4) is 0 Å². The van der Waals surface area contributed by atoms with Crippen LogP contribution in [-0.2, 0) is 12.8 Å². The summed E-state index contributed by atoms with van der Waals surface area (Å²) in [6.45, 7) is -0.0736. The summed E-state index contributed by atoms with van der Waals surface area (Å²) in [6, 6.07) is 18.0. The van der Waals surface area contributed by atoms with Crippen LogP contribution in [0.1, 0.15) is 11.1 Å². The van der Waals surface area contributed by atoms with Crippen LogP contribution in [0.25, 0.3) is 0 Å². The molecule has 2 N–H and O–H groups in total. The van der Waals surface area contributed by atoms with E-state index in [-0.39, 0.29) is 13.2 Å². The lowest BCUT2D eigenvalue weighted by Crippen LogP contribution is -2.34. The molecule has 0 spiro atoms. The Bertz CT molecular complexity index is 536. The Morgan fingerprint density at radius 1 is 0.800 bits per heavy atom. The Morgan fingerprint density at radius 2 is 1.40 bits per heavy atom. The predicted molar refractivity (Wildman–Crippen MR) is 84.6 cm³/mol. The highest BCUT2D eigenvalue weighted by Gasteiger charge is 2.29.